The summed E-state index contributed by atoms with van der Waals surface area (Å²) in [6, 6.07) is 15.2. The van der Waals surface area contributed by atoms with Crippen molar-refractivity contribution in [1.29, 1.82) is 0 Å². The molecule has 152 valence electrons. The Balaban J connectivity index is 1.74. The Morgan fingerprint density at radius 3 is 2.18 bits per heavy atom. The third-order valence-corrected chi connectivity index (χ3v) is 4.88. The predicted octanol–water partition coefficient (Wildman–Crippen LogP) is -0.00910. The number of hydrogen-bond acceptors (Lipinski definition) is 7. The van der Waals surface area contributed by atoms with Crippen LogP contribution >= 0.6 is 0 Å². The minimum atomic E-state index is -1.48. The summed E-state index contributed by atoms with van der Waals surface area (Å²) in [4.78, 5) is 0. The fraction of sp³-hybridized carbons (Fsp3) is 0.429. The Bertz CT molecular complexity index is 747. The molecule has 1 aliphatic rings. The number of aliphatic hydroxyl groups excluding tert-OH is 5. The zero-order valence-corrected chi connectivity index (χ0v) is 15.4. The molecule has 5 atom stereocenters. The molecule has 3 rings (SSSR count). The number of para-hydroxylation sites is 1. The van der Waals surface area contributed by atoms with Crippen LogP contribution in [0.4, 0.5) is 0 Å². The van der Waals surface area contributed by atoms with Crippen molar-refractivity contribution in [3.05, 3.63) is 65.2 Å². The Hall–Kier alpha value is -2.00. The summed E-state index contributed by atoms with van der Waals surface area (Å²) >= 11 is 0. The first kappa shape index (κ1) is 20.7. The van der Waals surface area contributed by atoms with Crippen molar-refractivity contribution in [3.63, 3.8) is 0 Å². The number of hydrogen-bond donors (Lipinski definition) is 5. The maximum Gasteiger partial charge on any atom is 0.229 e. The fourth-order valence-electron chi connectivity index (χ4n) is 3.23. The molecule has 2 aromatic rings. The minimum absolute atomic E-state index is 0.106. The van der Waals surface area contributed by atoms with Crippen LogP contribution in [0.3, 0.4) is 0 Å². The van der Waals surface area contributed by atoms with Crippen molar-refractivity contribution in [1.82, 2.24) is 0 Å². The second-order valence-corrected chi connectivity index (χ2v) is 6.89. The van der Waals surface area contributed by atoms with Gasteiger partial charge in [-0.3, -0.25) is 0 Å². The topological polar surface area (TPSA) is 120 Å². The van der Waals surface area contributed by atoms with Crippen LogP contribution in [-0.4, -0.2) is 69.5 Å². The molecular formula is C21H26O7. The summed E-state index contributed by atoms with van der Waals surface area (Å²) in [5.74, 6) is 0.478. The van der Waals surface area contributed by atoms with Gasteiger partial charge in [-0.05, 0) is 29.2 Å². The summed E-state index contributed by atoms with van der Waals surface area (Å²) < 4.78 is 11.2. The molecular weight excluding hydrogens is 364 g/mol. The standard InChI is InChI=1S/C21H26O7/c22-10-9-13-5-7-14(8-6-13)11-15-3-1-2-4-16(15)27-21-20(26)19(25)18(24)17(12-23)28-21/h1-8,17-26H,9-12H2/t17-,18-,19+,20-,21-/m1/s1. The highest BCUT2D eigenvalue weighted by atomic mass is 16.7. The van der Waals surface area contributed by atoms with Gasteiger partial charge in [-0.1, -0.05) is 42.5 Å². The average molecular weight is 390 g/mol. The van der Waals surface area contributed by atoms with Gasteiger partial charge in [0.15, 0.2) is 0 Å². The van der Waals surface area contributed by atoms with Crippen molar-refractivity contribution in [2.75, 3.05) is 13.2 Å². The molecule has 7 heteroatoms. The van der Waals surface area contributed by atoms with E-state index in [1.807, 2.05) is 36.4 Å². The van der Waals surface area contributed by atoms with E-state index in [1.54, 1.807) is 12.1 Å². The zero-order chi connectivity index (χ0) is 20.1. The van der Waals surface area contributed by atoms with Crippen LogP contribution in [0.2, 0.25) is 0 Å². The Morgan fingerprint density at radius 2 is 1.50 bits per heavy atom. The van der Waals surface area contributed by atoms with Gasteiger partial charge in [0.2, 0.25) is 6.29 Å². The molecule has 2 aromatic carbocycles. The lowest BCUT2D eigenvalue weighted by atomic mass is 9.99. The lowest BCUT2D eigenvalue weighted by Gasteiger charge is -2.39. The van der Waals surface area contributed by atoms with E-state index in [-0.39, 0.29) is 6.61 Å². The molecule has 0 aliphatic carbocycles. The monoisotopic (exact) mass is 390 g/mol. The molecule has 0 spiro atoms. The van der Waals surface area contributed by atoms with Gasteiger partial charge in [0.25, 0.3) is 0 Å². The summed E-state index contributed by atoms with van der Waals surface area (Å²) in [5.41, 5.74) is 2.96. The van der Waals surface area contributed by atoms with Gasteiger partial charge in [-0.15, -0.1) is 0 Å². The number of aliphatic hydroxyl groups is 5. The van der Waals surface area contributed by atoms with E-state index in [0.717, 1.165) is 16.7 Å². The first-order chi connectivity index (χ1) is 13.5. The Labute approximate surface area is 163 Å². The highest BCUT2D eigenvalue weighted by molar-refractivity contribution is 5.38. The van der Waals surface area contributed by atoms with Gasteiger partial charge in [0, 0.05) is 13.0 Å². The van der Waals surface area contributed by atoms with Crippen LogP contribution in [0.25, 0.3) is 0 Å². The van der Waals surface area contributed by atoms with Gasteiger partial charge in [0.05, 0.1) is 6.61 Å². The molecule has 0 unspecified atom stereocenters. The van der Waals surface area contributed by atoms with Gasteiger partial charge in [-0.25, -0.2) is 0 Å². The summed E-state index contributed by atoms with van der Waals surface area (Å²) in [5, 5.41) is 48.3. The second-order valence-electron chi connectivity index (χ2n) is 6.89. The Morgan fingerprint density at radius 1 is 0.821 bits per heavy atom. The van der Waals surface area contributed by atoms with Crippen LogP contribution < -0.4 is 4.74 Å². The second kappa shape index (κ2) is 9.47. The molecule has 0 radical (unpaired) electrons. The molecule has 0 amide bonds. The van der Waals surface area contributed by atoms with Crippen molar-refractivity contribution >= 4 is 0 Å². The van der Waals surface area contributed by atoms with Crippen molar-refractivity contribution in [2.45, 2.75) is 43.5 Å². The van der Waals surface area contributed by atoms with E-state index in [1.165, 1.54) is 0 Å². The van der Waals surface area contributed by atoms with Crippen molar-refractivity contribution < 1.29 is 35.0 Å². The van der Waals surface area contributed by atoms with E-state index in [0.29, 0.717) is 18.6 Å². The maximum absolute atomic E-state index is 10.2. The zero-order valence-electron chi connectivity index (χ0n) is 15.4. The van der Waals surface area contributed by atoms with E-state index in [4.69, 9.17) is 14.6 Å². The molecule has 1 heterocycles. The Kier molecular flexibility index (Phi) is 7.01. The predicted molar refractivity (Wildman–Crippen MR) is 101 cm³/mol. The quantitative estimate of drug-likeness (QED) is 0.451. The largest absolute Gasteiger partial charge is 0.462 e. The molecule has 7 nitrogen and oxygen atoms in total. The van der Waals surface area contributed by atoms with Crippen LogP contribution in [0.15, 0.2) is 48.5 Å². The van der Waals surface area contributed by atoms with E-state index < -0.39 is 37.3 Å². The SMILES string of the molecule is OCCc1ccc(Cc2ccccc2O[C@@H]2O[C@H](CO)[C@@H](O)[C@H](O)[C@H]2O)cc1. The first-order valence-electron chi connectivity index (χ1n) is 9.27. The highest BCUT2D eigenvalue weighted by Crippen LogP contribution is 2.28. The summed E-state index contributed by atoms with van der Waals surface area (Å²) in [6.45, 7) is -0.401. The minimum Gasteiger partial charge on any atom is -0.462 e. The number of rotatable bonds is 7. The van der Waals surface area contributed by atoms with E-state index >= 15 is 0 Å². The van der Waals surface area contributed by atoms with Crippen molar-refractivity contribution in [3.8, 4) is 5.75 Å². The first-order valence-corrected chi connectivity index (χ1v) is 9.27. The molecule has 0 aromatic heterocycles. The molecule has 1 saturated heterocycles. The average Bonchev–Trinajstić information content (AvgIpc) is 2.71. The fourth-order valence-corrected chi connectivity index (χ4v) is 3.23. The lowest BCUT2D eigenvalue weighted by Crippen LogP contribution is -2.60. The molecule has 0 saturated carbocycles. The van der Waals surface area contributed by atoms with E-state index in [9.17, 15) is 20.4 Å². The van der Waals surface area contributed by atoms with E-state index in [2.05, 4.69) is 0 Å². The van der Waals surface area contributed by atoms with Crippen LogP contribution in [0, 0.1) is 0 Å². The number of ether oxygens (including phenoxy) is 2. The molecule has 0 bridgehead atoms. The highest BCUT2D eigenvalue weighted by Gasteiger charge is 2.44. The lowest BCUT2D eigenvalue weighted by molar-refractivity contribution is -0.277. The summed E-state index contributed by atoms with van der Waals surface area (Å²) in [7, 11) is 0. The summed E-state index contributed by atoms with van der Waals surface area (Å²) in [6.07, 6.45) is -5.42. The molecule has 28 heavy (non-hydrogen) atoms. The van der Waals surface area contributed by atoms with Crippen LogP contribution in [0.5, 0.6) is 5.75 Å². The van der Waals surface area contributed by atoms with Gasteiger partial charge in [-0.2, -0.15) is 0 Å². The van der Waals surface area contributed by atoms with Crippen molar-refractivity contribution in [2.24, 2.45) is 0 Å². The van der Waals surface area contributed by atoms with Gasteiger partial charge >= 0.3 is 0 Å². The van der Waals surface area contributed by atoms with Crippen LogP contribution in [-0.2, 0) is 17.6 Å². The third kappa shape index (κ3) is 4.70. The normalized spacial score (nSPS) is 27.5. The molecule has 1 fully saturated rings. The molecule has 5 N–H and O–H groups in total. The number of benzene rings is 2. The van der Waals surface area contributed by atoms with Gasteiger partial charge < -0.3 is 35.0 Å². The third-order valence-electron chi connectivity index (χ3n) is 4.88. The smallest absolute Gasteiger partial charge is 0.229 e. The molecule has 1 aliphatic heterocycles. The maximum atomic E-state index is 10.2. The van der Waals surface area contributed by atoms with Crippen LogP contribution in [0.1, 0.15) is 16.7 Å². The van der Waals surface area contributed by atoms with Gasteiger partial charge in [0.1, 0.15) is 30.2 Å².